The second kappa shape index (κ2) is 7.73. The van der Waals surface area contributed by atoms with E-state index in [0.29, 0.717) is 0 Å². The first-order valence-corrected chi connectivity index (χ1v) is 8.01. The largest absolute Gasteiger partial charge is 0.326 e. The van der Waals surface area contributed by atoms with Gasteiger partial charge in [0.05, 0.1) is 5.92 Å². The molecule has 5 nitrogen and oxygen atoms in total. The van der Waals surface area contributed by atoms with Gasteiger partial charge in [-0.2, -0.15) is 0 Å². The van der Waals surface area contributed by atoms with Gasteiger partial charge in [-0.3, -0.25) is 4.79 Å². The van der Waals surface area contributed by atoms with Crippen molar-refractivity contribution in [1.29, 1.82) is 0 Å². The molecule has 1 aromatic heterocycles. The van der Waals surface area contributed by atoms with E-state index in [0.717, 1.165) is 42.5 Å². The highest BCUT2D eigenvalue weighted by Crippen LogP contribution is 2.32. The minimum atomic E-state index is -0.413. The molecule has 1 amide bonds. The van der Waals surface area contributed by atoms with E-state index in [9.17, 15) is 4.79 Å². The van der Waals surface area contributed by atoms with Crippen molar-refractivity contribution in [3.63, 3.8) is 0 Å². The molecule has 0 spiro atoms. The Morgan fingerprint density at radius 2 is 1.83 bits per heavy atom. The van der Waals surface area contributed by atoms with Gasteiger partial charge in [0.25, 0.3) is 0 Å². The van der Waals surface area contributed by atoms with E-state index < -0.39 is 5.54 Å². The Kier molecular flexibility index (Phi) is 5.91. The highest BCUT2D eigenvalue weighted by atomic mass is 35.5. The molecule has 0 aliphatic heterocycles. The molecule has 1 saturated carbocycles. The predicted octanol–water partition coefficient (Wildman–Crippen LogP) is 3.41. The third kappa shape index (κ3) is 4.10. The van der Waals surface area contributed by atoms with Crippen LogP contribution in [0.4, 0.5) is 5.69 Å². The zero-order valence-corrected chi connectivity index (χ0v) is 14.6. The number of carbonyl (C=O) groups excluding carboxylic acids is 1. The summed E-state index contributed by atoms with van der Waals surface area (Å²) in [5.74, 6) is -0.107. The highest BCUT2D eigenvalue weighted by Gasteiger charge is 2.37. The maximum absolute atomic E-state index is 12.5. The fourth-order valence-corrected chi connectivity index (χ4v) is 3.21. The summed E-state index contributed by atoms with van der Waals surface area (Å²) in [7, 11) is 0. The number of anilines is 1. The van der Waals surface area contributed by atoms with Crippen molar-refractivity contribution in [3.05, 3.63) is 43.0 Å². The normalized spacial score (nSPS) is 23.2. The molecule has 2 aromatic rings. The quantitative estimate of drug-likeness (QED) is 0.892. The lowest BCUT2D eigenvalue weighted by molar-refractivity contribution is -0.122. The maximum atomic E-state index is 12.5. The molecule has 6 heteroatoms. The predicted molar refractivity (Wildman–Crippen MR) is 97.9 cm³/mol. The fourth-order valence-electron chi connectivity index (χ4n) is 3.21. The Bertz CT molecular complexity index is 673. The first kappa shape index (κ1) is 18.4. The molecule has 2 atom stereocenters. The van der Waals surface area contributed by atoms with E-state index in [4.69, 9.17) is 5.73 Å². The lowest BCUT2D eigenvalue weighted by Crippen LogP contribution is -2.51. The number of benzene rings is 1. The Balaban J connectivity index is 0.00000208. The van der Waals surface area contributed by atoms with Crippen LogP contribution < -0.4 is 11.1 Å². The molecule has 1 aliphatic carbocycles. The molecule has 0 radical (unpaired) electrons. The van der Waals surface area contributed by atoms with Crippen molar-refractivity contribution in [2.24, 2.45) is 11.7 Å². The van der Waals surface area contributed by atoms with Crippen LogP contribution in [0.1, 0.15) is 32.6 Å². The average Bonchev–Trinajstić information content (AvgIpc) is 2.56. The van der Waals surface area contributed by atoms with Crippen LogP contribution >= 0.6 is 12.4 Å². The van der Waals surface area contributed by atoms with Crippen molar-refractivity contribution < 1.29 is 4.79 Å². The Morgan fingerprint density at radius 3 is 2.46 bits per heavy atom. The molecular weight excluding hydrogens is 324 g/mol. The molecule has 3 rings (SSSR count). The van der Waals surface area contributed by atoms with Crippen molar-refractivity contribution in [2.45, 2.75) is 38.1 Å². The molecular formula is C18H23ClN4O. The average molecular weight is 347 g/mol. The lowest BCUT2D eigenvalue weighted by atomic mass is 9.74. The number of halogens is 1. The second-order valence-electron chi connectivity index (χ2n) is 6.50. The third-order valence-electron chi connectivity index (χ3n) is 4.62. The van der Waals surface area contributed by atoms with E-state index in [1.54, 1.807) is 12.4 Å². The number of rotatable bonds is 3. The first-order chi connectivity index (χ1) is 11.1. The van der Waals surface area contributed by atoms with Crippen LogP contribution in [0, 0.1) is 5.92 Å². The number of nitrogens with one attached hydrogen (secondary N) is 1. The van der Waals surface area contributed by atoms with Gasteiger partial charge in [0.1, 0.15) is 6.33 Å². The molecule has 128 valence electrons. The van der Waals surface area contributed by atoms with E-state index in [2.05, 4.69) is 15.3 Å². The molecule has 3 N–H and O–H groups in total. The Hall–Kier alpha value is -1.98. The van der Waals surface area contributed by atoms with Gasteiger partial charge in [-0.25, -0.2) is 9.97 Å². The van der Waals surface area contributed by atoms with Crippen LogP contribution in [0.15, 0.2) is 43.0 Å². The van der Waals surface area contributed by atoms with Crippen molar-refractivity contribution in [2.75, 3.05) is 5.32 Å². The van der Waals surface area contributed by atoms with Crippen molar-refractivity contribution >= 4 is 24.0 Å². The summed E-state index contributed by atoms with van der Waals surface area (Å²) >= 11 is 0. The smallest absolute Gasteiger partial charge is 0.229 e. The molecule has 1 fully saturated rings. The van der Waals surface area contributed by atoms with E-state index in [1.807, 2.05) is 31.2 Å². The summed E-state index contributed by atoms with van der Waals surface area (Å²) in [6.07, 6.45) is 8.97. The lowest BCUT2D eigenvalue weighted by Gasteiger charge is -2.37. The van der Waals surface area contributed by atoms with Gasteiger partial charge < -0.3 is 11.1 Å². The summed E-state index contributed by atoms with van der Waals surface area (Å²) in [5.41, 5.74) is 8.65. The second-order valence-corrected chi connectivity index (χ2v) is 6.50. The van der Waals surface area contributed by atoms with Gasteiger partial charge in [0, 0.05) is 29.2 Å². The minimum absolute atomic E-state index is 0. The van der Waals surface area contributed by atoms with E-state index in [1.165, 1.54) is 6.33 Å². The minimum Gasteiger partial charge on any atom is -0.326 e. The number of carbonyl (C=O) groups is 1. The molecule has 1 aromatic carbocycles. The number of nitrogens with two attached hydrogens (primary N) is 1. The summed E-state index contributed by atoms with van der Waals surface area (Å²) in [4.78, 5) is 20.6. The number of aromatic nitrogens is 2. The SMILES string of the molecule is CC1(N)CCCCC1C(=O)Nc1ccc(-c2cncnc2)cc1.Cl. The van der Waals surface area contributed by atoms with Crippen LogP contribution in [0.25, 0.3) is 11.1 Å². The fraction of sp³-hybridized carbons (Fsp3) is 0.389. The summed E-state index contributed by atoms with van der Waals surface area (Å²) < 4.78 is 0. The van der Waals surface area contributed by atoms with Crippen molar-refractivity contribution in [1.82, 2.24) is 9.97 Å². The highest BCUT2D eigenvalue weighted by molar-refractivity contribution is 5.93. The van der Waals surface area contributed by atoms with Gasteiger partial charge >= 0.3 is 0 Å². The summed E-state index contributed by atoms with van der Waals surface area (Å²) in [6, 6.07) is 7.71. The Labute approximate surface area is 148 Å². The van der Waals surface area contributed by atoms with Gasteiger partial charge in [-0.15, -0.1) is 12.4 Å². The monoisotopic (exact) mass is 346 g/mol. The molecule has 24 heavy (non-hydrogen) atoms. The van der Waals surface area contributed by atoms with Gasteiger partial charge in [0.15, 0.2) is 0 Å². The Morgan fingerprint density at radius 1 is 1.17 bits per heavy atom. The summed E-state index contributed by atoms with van der Waals surface area (Å²) in [5, 5.41) is 3.00. The molecule has 0 saturated heterocycles. The third-order valence-corrected chi connectivity index (χ3v) is 4.62. The number of hydrogen-bond donors (Lipinski definition) is 2. The van der Waals surface area contributed by atoms with Crippen LogP contribution in [-0.4, -0.2) is 21.4 Å². The van der Waals surface area contributed by atoms with Gasteiger partial charge in [0.2, 0.25) is 5.91 Å². The molecule has 2 unspecified atom stereocenters. The zero-order chi connectivity index (χ0) is 16.3. The van der Waals surface area contributed by atoms with Gasteiger partial charge in [-0.05, 0) is 37.5 Å². The van der Waals surface area contributed by atoms with Crippen molar-refractivity contribution in [3.8, 4) is 11.1 Å². The van der Waals surface area contributed by atoms with Crippen LogP contribution in [-0.2, 0) is 4.79 Å². The van der Waals surface area contributed by atoms with E-state index in [-0.39, 0.29) is 24.2 Å². The summed E-state index contributed by atoms with van der Waals surface area (Å²) in [6.45, 7) is 1.98. The van der Waals surface area contributed by atoms with Crippen LogP contribution in [0.3, 0.4) is 0 Å². The topological polar surface area (TPSA) is 80.9 Å². The molecule has 0 bridgehead atoms. The first-order valence-electron chi connectivity index (χ1n) is 8.01. The standard InChI is InChI=1S/C18H22N4O.ClH/c1-18(19)9-3-2-4-16(18)17(23)22-15-7-5-13(6-8-15)14-10-20-12-21-11-14;/h5-8,10-12,16H,2-4,9,19H2,1H3,(H,22,23);1H. The molecule has 1 aliphatic rings. The van der Waals surface area contributed by atoms with Crippen LogP contribution in [0.5, 0.6) is 0 Å². The number of hydrogen-bond acceptors (Lipinski definition) is 4. The maximum Gasteiger partial charge on any atom is 0.229 e. The number of nitrogens with zero attached hydrogens (tertiary/aromatic N) is 2. The molecule has 1 heterocycles. The van der Waals surface area contributed by atoms with E-state index >= 15 is 0 Å². The van der Waals surface area contributed by atoms with Crippen LogP contribution in [0.2, 0.25) is 0 Å². The zero-order valence-electron chi connectivity index (χ0n) is 13.7. The number of amides is 1. The van der Waals surface area contributed by atoms with Gasteiger partial charge in [-0.1, -0.05) is 25.0 Å².